The van der Waals surface area contributed by atoms with E-state index in [0.717, 1.165) is 6.54 Å². The minimum Gasteiger partial charge on any atom is -0.344 e. The highest BCUT2D eigenvalue weighted by Gasteiger charge is 2.39. The zero-order chi connectivity index (χ0) is 17.6. The summed E-state index contributed by atoms with van der Waals surface area (Å²) in [6, 6.07) is 21.8. The molecule has 0 unspecified atom stereocenters. The van der Waals surface area contributed by atoms with Crippen molar-refractivity contribution in [1.82, 2.24) is 0 Å². The molecule has 2 nitrogen and oxygen atoms in total. The molecule has 0 fully saturated rings. The summed E-state index contributed by atoms with van der Waals surface area (Å²) in [6.07, 6.45) is 2.36. The van der Waals surface area contributed by atoms with Crippen LogP contribution in [-0.2, 0) is 12.5 Å². The quantitative estimate of drug-likeness (QED) is 0.611. The summed E-state index contributed by atoms with van der Waals surface area (Å²) in [5.41, 5.74) is 6.60. The molecule has 0 saturated carbocycles. The number of fused-ring (bicyclic) bond motifs is 2. The van der Waals surface area contributed by atoms with E-state index in [1.54, 1.807) is 0 Å². The minimum absolute atomic E-state index is 0.00521. The summed E-state index contributed by atoms with van der Waals surface area (Å²) in [7, 11) is 2.15. The molecule has 2 heteroatoms. The summed E-state index contributed by atoms with van der Waals surface area (Å²) >= 11 is 0. The van der Waals surface area contributed by atoms with Crippen LogP contribution in [0.4, 0.5) is 5.69 Å². The minimum atomic E-state index is 0.00521. The first-order valence-corrected chi connectivity index (χ1v) is 9.01. The van der Waals surface area contributed by atoms with E-state index < -0.39 is 0 Å². The predicted octanol–water partition coefficient (Wildman–Crippen LogP) is 4.82. The van der Waals surface area contributed by atoms with Crippen LogP contribution in [0.25, 0.3) is 17.0 Å². The summed E-state index contributed by atoms with van der Waals surface area (Å²) in [5.74, 6) is 0. The second-order valence-electron chi connectivity index (χ2n) is 7.29. The van der Waals surface area contributed by atoms with Gasteiger partial charge in [-0.25, -0.2) is 0 Å². The molecular weight excluding hydrogens is 304 g/mol. The maximum absolute atomic E-state index is 2.45. The molecule has 1 aromatic heterocycles. The predicted molar refractivity (Wildman–Crippen MR) is 106 cm³/mol. The van der Waals surface area contributed by atoms with Crippen molar-refractivity contribution in [3.8, 4) is 0 Å². The monoisotopic (exact) mass is 329 g/mol. The Morgan fingerprint density at radius 3 is 2.48 bits per heavy atom. The van der Waals surface area contributed by atoms with E-state index in [9.17, 15) is 0 Å². The Labute approximate surface area is 150 Å². The van der Waals surface area contributed by atoms with E-state index in [2.05, 4.69) is 104 Å². The Bertz CT molecular complexity index is 982. The van der Waals surface area contributed by atoms with Gasteiger partial charge in [0, 0.05) is 46.9 Å². The lowest BCUT2D eigenvalue weighted by molar-refractivity contribution is -0.646. The topological polar surface area (TPSA) is 7.12 Å². The van der Waals surface area contributed by atoms with Gasteiger partial charge in [0.2, 0.25) is 11.2 Å². The lowest BCUT2D eigenvalue weighted by Crippen LogP contribution is -2.34. The van der Waals surface area contributed by atoms with Crippen molar-refractivity contribution in [2.75, 3.05) is 11.4 Å². The first-order valence-electron chi connectivity index (χ1n) is 9.01. The van der Waals surface area contributed by atoms with Crippen LogP contribution in [0.15, 0.2) is 66.4 Å². The number of aromatic nitrogens is 1. The van der Waals surface area contributed by atoms with Crippen LogP contribution in [0.1, 0.15) is 32.0 Å². The fourth-order valence-corrected chi connectivity index (χ4v) is 4.09. The fourth-order valence-electron chi connectivity index (χ4n) is 4.09. The van der Waals surface area contributed by atoms with E-state index in [1.165, 1.54) is 33.5 Å². The first-order chi connectivity index (χ1) is 12.0. The molecule has 2 aromatic carbocycles. The van der Waals surface area contributed by atoms with Gasteiger partial charge >= 0.3 is 0 Å². The van der Waals surface area contributed by atoms with Gasteiger partial charge in [-0.3, -0.25) is 0 Å². The van der Waals surface area contributed by atoms with Crippen LogP contribution in [0.3, 0.4) is 0 Å². The van der Waals surface area contributed by atoms with Crippen LogP contribution in [0.2, 0.25) is 0 Å². The molecule has 0 saturated heterocycles. The molecule has 0 spiro atoms. The SMILES string of the molecule is CCN1/C(=C\c2ccc3ccccc3[n+]2C)C(C)(C)c2ccccc21. The van der Waals surface area contributed by atoms with Crippen molar-refractivity contribution in [1.29, 1.82) is 0 Å². The van der Waals surface area contributed by atoms with Gasteiger partial charge in [0.15, 0.2) is 0 Å². The average Bonchev–Trinajstić information content (AvgIpc) is 2.85. The van der Waals surface area contributed by atoms with Gasteiger partial charge in [-0.1, -0.05) is 44.2 Å². The van der Waals surface area contributed by atoms with E-state index in [1.807, 2.05) is 0 Å². The number of benzene rings is 2. The highest BCUT2D eigenvalue weighted by molar-refractivity contribution is 5.78. The van der Waals surface area contributed by atoms with Crippen molar-refractivity contribution >= 4 is 22.7 Å². The number of para-hydroxylation sites is 2. The normalized spacial score (nSPS) is 17.3. The average molecular weight is 329 g/mol. The third-order valence-corrected chi connectivity index (χ3v) is 5.52. The zero-order valence-corrected chi connectivity index (χ0v) is 15.5. The molecule has 4 rings (SSSR count). The second kappa shape index (κ2) is 5.73. The summed E-state index contributed by atoms with van der Waals surface area (Å²) in [4.78, 5) is 2.45. The largest absolute Gasteiger partial charge is 0.344 e. The molecular formula is C23H25N2+. The molecule has 0 atom stereocenters. The number of aryl methyl sites for hydroxylation is 1. The van der Waals surface area contributed by atoms with Crippen molar-refractivity contribution in [2.45, 2.75) is 26.2 Å². The smallest absolute Gasteiger partial charge is 0.212 e. The summed E-state index contributed by atoms with van der Waals surface area (Å²) in [5, 5.41) is 1.27. The van der Waals surface area contributed by atoms with E-state index in [0.29, 0.717) is 0 Å². The van der Waals surface area contributed by atoms with Gasteiger partial charge < -0.3 is 4.90 Å². The molecule has 1 aliphatic heterocycles. The molecule has 25 heavy (non-hydrogen) atoms. The van der Waals surface area contributed by atoms with Gasteiger partial charge in [-0.05, 0) is 30.7 Å². The van der Waals surface area contributed by atoms with Crippen LogP contribution in [-0.4, -0.2) is 6.54 Å². The van der Waals surface area contributed by atoms with Crippen LogP contribution in [0.5, 0.6) is 0 Å². The van der Waals surface area contributed by atoms with Crippen LogP contribution < -0.4 is 9.47 Å². The highest BCUT2D eigenvalue weighted by atomic mass is 15.2. The Balaban J connectivity index is 1.91. The number of hydrogen-bond donors (Lipinski definition) is 0. The maximum atomic E-state index is 2.45. The van der Waals surface area contributed by atoms with Gasteiger partial charge in [0.1, 0.15) is 7.05 Å². The molecule has 0 bridgehead atoms. The number of hydrogen-bond acceptors (Lipinski definition) is 1. The summed E-state index contributed by atoms with van der Waals surface area (Å²) in [6.45, 7) is 7.86. The lowest BCUT2D eigenvalue weighted by atomic mass is 9.83. The first kappa shape index (κ1) is 15.9. The molecule has 2 heterocycles. The standard InChI is InChI=1S/C23H25N2/c1-5-25-21-13-9-7-11-19(21)23(2,3)22(25)16-18-15-14-17-10-6-8-12-20(17)24(18)4/h6-16H,5H2,1-4H3/q+1. The van der Waals surface area contributed by atoms with Gasteiger partial charge in [0.25, 0.3) is 0 Å². The number of likely N-dealkylation sites (N-methyl/N-ethyl adjacent to an activating group) is 1. The molecule has 0 radical (unpaired) electrons. The Hall–Kier alpha value is -2.61. The zero-order valence-electron chi connectivity index (χ0n) is 15.5. The number of rotatable bonds is 2. The van der Waals surface area contributed by atoms with Crippen LogP contribution in [0, 0.1) is 0 Å². The fraction of sp³-hybridized carbons (Fsp3) is 0.261. The highest BCUT2D eigenvalue weighted by Crippen LogP contribution is 2.47. The molecule has 1 aliphatic rings. The van der Waals surface area contributed by atoms with Gasteiger partial charge in [-0.15, -0.1) is 0 Å². The van der Waals surface area contributed by atoms with E-state index in [-0.39, 0.29) is 5.41 Å². The lowest BCUT2D eigenvalue weighted by Gasteiger charge is -2.25. The molecule has 3 aromatic rings. The van der Waals surface area contributed by atoms with E-state index >= 15 is 0 Å². The maximum Gasteiger partial charge on any atom is 0.212 e. The number of nitrogens with zero attached hydrogens (tertiary/aromatic N) is 2. The Morgan fingerprint density at radius 2 is 1.68 bits per heavy atom. The molecule has 0 N–H and O–H groups in total. The number of anilines is 1. The Morgan fingerprint density at radius 1 is 0.960 bits per heavy atom. The Kier molecular flexibility index (Phi) is 3.64. The molecule has 126 valence electrons. The van der Waals surface area contributed by atoms with Crippen molar-refractivity contribution in [3.63, 3.8) is 0 Å². The van der Waals surface area contributed by atoms with E-state index in [4.69, 9.17) is 0 Å². The third-order valence-electron chi connectivity index (χ3n) is 5.52. The summed E-state index contributed by atoms with van der Waals surface area (Å²) < 4.78 is 2.29. The van der Waals surface area contributed by atoms with Crippen molar-refractivity contribution < 1.29 is 4.57 Å². The van der Waals surface area contributed by atoms with Crippen LogP contribution >= 0.6 is 0 Å². The van der Waals surface area contributed by atoms with Gasteiger partial charge in [-0.2, -0.15) is 4.57 Å². The number of pyridine rings is 1. The number of allylic oxidation sites excluding steroid dienone is 1. The second-order valence-corrected chi connectivity index (χ2v) is 7.29. The van der Waals surface area contributed by atoms with Crippen molar-refractivity contribution in [2.24, 2.45) is 7.05 Å². The van der Waals surface area contributed by atoms with Gasteiger partial charge in [0.05, 0.1) is 0 Å². The molecule has 0 aliphatic carbocycles. The third kappa shape index (κ3) is 2.36. The van der Waals surface area contributed by atoms with Crippen molar-refractivity contribution in [3.05, 3.63) is 77.6 Å². The molecule has 0 amide bonds.